The second kappa shape index (κ2) is 6.56. The zero-order valence-electron chi connectivity index (χ0n) is 14.7. The Balaban J connectivity index is 1.23. The Morgan fingerprint density at radius 2 is 2.11 bits per heavy atom. The molecule has 142 valence electrons. The number of benzene rings is 1. The molecule has 0 radical (unpaired) electrons. The summed E-state index contributed by atoms with van der Waals surface area (Å²) in [6.45, 7) is 1.70. The highest BCUT2D eigenvalue weighted by Crippen LogP contribution is 2.69. The number of hydrogen-bond donors (Lipinski definition) is 1. The molecule has 1 N–H and O–H groups in total. The molecule has 1 aromatic carbocycles. The van der Waals surface area contributed by atoms with Crippen LogP contribution < -0.4 is 10.1 Å². The molecule has 27 heavy (non-hydrogen) atoms. The first kappa shape index (κ1) is 18.4. The molecule has 0 spiro atoms. The van der Waals surface area contributed by atoms with Gasteiger partial charge in [0, 0.05) is 24.2 Å². The Bertz CT molecular complexity index is 910. The SMILES string of the molecule is Cc1ncc(C(=O)CC23CC(NC(=O)COc4ccc(Cl)c(F)c4)(C2)C3)s1. The smallest absolute Gasteiger partial charge is 0.258 e. The van der Waals surface area contributed by atoms with E-state index in [1.54, 1.807) is 6.20 Å². The first-order valence-corrected chi connectivity index (χ1v) is 9.82. The van der Waals surface area contributed by atoms with Crippen LogP contribution in [0.2, 0.25) is 5.02 Å². The first-order chi connectivity index (χ1) is 12.8. The predicted octanol–water partition coefficient (Wildman–Crippen LogP) is 3.93. The van der Waals surface area contributed by atoms with E-state index in [0.29, 0.717) is 11.3 Å². The van der Waals surface area contributed by atoms with Crippen molar-refractivity contribution in [3.05, 3.63) is 45.1 Å². The number of carbonyl (C=O) groups is 2. The Morgan fingerprint density at radius 1 is 1.37 bits per heavy atom. The van der Waals surface area contributed by atoms with E-state index in [1.807, 2.05) is 6.92 Å². The molecule has 3 fully saturated rings. The van der Waals surface area contributed by atoms with Gasteiger partial charge in [0.25, 0.3) is 5.91 Å². The molecule has 5 nitrogen and oxygen atoms in total. The molecule has 1 amide bonds. The number of aryl methyl sites for hydroxylation is 1. The molecule has 3 saturated carbocycles. The second-order valence-electron chi connectivity index (χ2n) is 7.57. The second-order valence-corrected chi connectivity index (χ2v) is 9.21. The molecule has 0 saturated heterocycles. The lowest BCUT2D eigenvalue weighted by atomic mass is 9.38. The van der Waals surface area contributed by atoms with Gasteiger partial charge >= 0.3 is 0 Å². The summed E-state index contributed by atoms with van der Waals surface area (Å²) >= 11 is 7.04. The van der Waals surface area contributed by atoms with Crippen LogP contribution in [0, 0.1) is 18.2 Å². The number of rotatable bonds is 7. The van der Waals surface area contributed by atoms with Crippen LogP contribution in [-0.2, 0) is 4.79 Å². The van der Waals surface area contributed by atoms with Crippen LogP contribution in [0.5, 0.6) is 5.75 Å². The van der Waals surface area contributed by atoms with Gasteiger partial charge in [-0.15, -0.1) is 11.3 Å². The molecule has 3 aliphatic rings. The number of nitrogens with zero attached hydrogens (tertiary/aromatic N) is 1. The largest absolute Gasteiger partial charge is 0.484 e. The summed E-state index contributed by atoms with van der Waals surface area (Å²) in [6.07, 6.45) is 4.58. The maximum Gasteiger partial charge on any atom is 0.258 e. The summed E-state index contributed by atoms with van der Waals surface area (Å²) in [5.74, 6) is -0.445. The normalized spacial score (nSPS) is 25.3. The fourth-order valence-electron chi connectivity index (χ4n) is 4.28. The van der Waals surface area contributed by atoms with Gasteiger partial charge in [0.2, 0.25) is 0 Å². The molecule has 0 atom stereocenters. The van der Waals surface area contributed by atoms with Gasteiger partial charge < -0.3 is 10.1 Å². The number of Topliss-reactive ketones (excluding diaryl/α,β-unsaturated/α-hetero) is 1. The lowest BCUT2D eigenvalue weighted by Crippen LogP contribution is -2.75. The molecule has 8 heteroatoms. The molecule has 0 unspecified atom stereocenters. The van der Waals surface area contributed by atoms with Crippen molar-refractivity contribution < 1.29 is 18.7 Å². The molecule has 1 heterocycles. The average molecular weight is 409 g/mol. The van der Waals surface area contributed by atoms with Crippen LogP contribution in [0.25, 0.3) is 0 Å². The standard InChI is InChI=1S/C19H18ClFN2O3S/c1-11-22-6-16(27-11)15(24)5-18-8-19(9-18,10-18)23-17(25)7-26-12-2-3-13(20)14(21)4-12/h2-4,6H,5,7-10H2,1H3,(H,23,25). The Kier molecular flexibility index (Phi) is 4.47. The fourth-order valence-corrected chi connectivity index (χ4v) is 5.12. The molecule has 2 aromatic rings. The van der Waals surface area contributed by atoms with Crippen molar-refractivity contribution in [2.24, 2.45) is 5.41 Å². The van der Waals surface area contributed by atoms with Gasteiger partial charge in [-0.1, -0.05) is 11.6 Å². The summed E-state index contributed by atoms with van der Waals surface area (Å²) in [6, 6.07) is 4.05. The van der Waals surface area contributed by atoms with Gasteiger partial charge in [-0.2, -0.15) is 0 Å². The third-order valence-corrected chi connectivity index (χ3v) is 6.50. The van der Waals surface area contributed by atoms with E-state index in [1.165, 1.54) is 23.5 Å². The van der Waals surface area contributed by atoms with Crippen LogP contribution >= 0.6 is 22.9 Å². The van der Waals surface area contributed by atoms with Crippen LogP contribution in [0.3, 0.4) is 0 Å². The molecule has 3 aliphatic carbocycles. The van der Waals surface area contributed by atoms with Crippen molar-refractivity contribution in [2.45, 2.75) is 38.1 Å². The van der Waals surface area contributed by atoms with Crippen LogP contribution in [0.15, 0.2) is 24.4 Å². The topological polar surface area (TPSA) is 68.3 Å². The number of nitrogens with one attached hydrogen (secondary N) is 1. The monoisotopic (exact) mass is 408 g/mol. The van der Waals surface area contributed by atoms with E-state index in [2.05, 4.69) is 10.3 Å². The van der Waals surface area contributed by atoms with E-state index in [0.717, 1.165) is 30.3 Å². The summed E-state index contributed by atoms with van der Waals surface area (Å²) < 4.78 is 18.7. The number of thiazole rings is 1. The van der Waals surface area contributed by atoms with Crippen LogP contribution in [0.4, 0.5) is 4.39 Å². The van der Waals surface area contributed by atoms with Crippen LogP contribution in [0.1, 0.15) is 40.4 Å². The number of amides is 1. The van der Waals surface area contributed by atoms with E-state index >= 15 is 0 Å². The number of ketones is 1. The van der Waals surface area contributed by atoms with E-state index < -0.39 is 5.82 Å². The van der Waals surface area contributed by atoms with Gasteiger partial charge in [0.05, 0.1) is 14.9 Å². The lowest BCUT2D eigenvalue weighted by molar-refractivity contribution is -0.164. The Hall–Kier alpha value is -1.99. The molecule has 0 aliphatic heterocycles. The first-order valence-electron chi connectivity index (χ1n) is 8.63. The summed E-state index contributed by atoms with van der Waals surface area (Å²) in [5, 5.41) is 3.89. The molecule has 2 bridgehead atoms. The Labute approximate surface area is 164 Å². The zero-order valence-corrected chi connectivity index (χ0v) is 16.3. The highest BCUT2D eigenvalue weighted by molar-refractivity contribution is 7.13. The average Bonchev–Trinajstić information content (AvgIpc) is 2.99. The van der Waals surface area contributed by atoms with Gasteiger partial charge in [-0.25, -0.2) is 9.37 Å². The van der Waals surface area contributed by atoms with Crippen molar-refractivity contribution >= 4 is 34.6 Å². The van der Waals surface area contributed by atoms with Gasteiger partial charge in [0.15, 0.2) is 12.4 Å². The van der Waals surface area contributed by atoms with E-state index in [9.17, 15) is 14.0 Å². The van der Waals surface area contributed by atoms with Crippen molar-refractivity contribution in [1.82, 2.24) is 10.3 Å². The van der Waals surface area contributed by atoms with Crippen molar-refractivity contribution in [1.29, 1.82) is 0 Å². The maximum absolute atomic E-state index is 13.4. The lowest BCUT2D eigenvalue weighted by Gasteiger charge is -2.70. The minimum absolute atomic E-state index is 0.00834. The summed E-state index contributed by atoms with van der Waals surface area (Å²) in [7, 11) is 0. The molecule has 1 aromatic heterocycles. The number of hydrogen-bond acceptors (Lipinski definition) is 5. The maximum atomic E-state index is 13.4. The van der Waals surface area contributed by atoms with Crippen molar-refractivity contribution in [3.8, 4) is 5.75 Å². The minimum atomic E-state index is -0.586. The molecule has 5 rings (SSSR count). The van der Waals surface area contributed by atoms with E-state index in [4.69, 9.17) is 16.3 Å². The number of ether oxygens (including phenoxy) is 1. The predicted molar refractivity (Wildman–Crippen MR) is 99.9 cm³/mol. The van der Waals surface area contributed by atoms with Gasteiger partial charge in [0.1, 0.15) is 11.6 Å². The quantitative estimate of drug-likeness (QED) is 0.705. The third kappa shape index (κ3) is 3.58. The van der Waals surface area contributed by atoms with Gasteiger partial charge in [-0.3, -0.25) is 9.59 Å². The number of halogens is 2. The van der Waals surface area contributed by atoms with Crippen LogP contribution in [-0.4, -0.2) is 28.8 Å². The molecular formula is C19H18ClFN2O3S. The number of aromatic nitrogens is 1. The highest BCUT2D eigenvalue weighted by Gasteiger charge is 2.68. The molecular weight excluding hydrogens is 391 g/mol. The summed E-state index contributed by atoms with van der Waals surface area (Å²) in [5.41, 5.74) is -0.196. The fraction of sp³-hybridized carbons (Fsp3) is 0.421. The third-order valence-electron chi connectivity index (χ3n) is 5.24. The van der Waals surface area contributed by atoms with Crippen molar-refractivity contribution in [2.75, 3.05) is 6.61 Å². The summed E-state index contributed by atoms with van der Waals surface area (Å²) in [4.78, 5) is 29.3. The minimum Gasteiger partial charge on any atom is -0.484 e. The van der Waals surface area contributed by atoms with Crippen molar-refractivity contribution in [3.63, 3.8) is 0 Å². The number of carbonyl (C=O) groups excluding carboxylic acids is 2. The highest BCUT2D eigenvalue weighted by atomic mass is 35.5. The Morgan fingerprint density at radius 3 is 2.74 bits per heavy atom. The van der Waals surface area contributed by atoms with Gasteiger partial charge in [-0.05, 0) is 43.7 Å². The zero-order chi connectivity index (χ0) is 19.2. The van der Waals surface area contributed by atoms with E-state index in [-0.39, 0.29) is 40.0 Å².